The Morgan fingerprint density at radius 3 is 3.00 bits per heavy atom. The summed E-state index contributed by atoms with van der Waals surface area (Å²) in [4.78, 5) is 20.3. The van der Waals surface area contributed by atoms with Crippen LogP contribution >= 0.6 is 0 Å². The molecule has 1 aromatic carbocycles. The molecule has 21 heavy (non-hydrogen) atoms. The maximum Gasteiger partial charge on any atom is 0.269 e. The second kappa shape index (κ2) is 5.55. The van der Waals surface area contributed by atoms with Crippen molar-refractivity contribution in [3.63, 3.8) is 0 Å². The van der Waals surface area contributed by atoms with E-state index in [4.69, 9.17) is 0 Å². The standard InChI is InChI=1S/C15H18N4O2/c1-11-9-13(19(20)21)4-5-14(11)18-8-2-3-12(10-18)15-16-6-7-17-15/h4-7,9,12H,2-3,8,10H2,1H3,(H,16,17). The average Bonchev–Trinajstić information content (AvgIpc) is 3.01. The van der Waals surface area contributed by atoms with Gasteiger partial charge in [-0.3, -0.25) is 10.1 Å². The Balaban J connectivity index is 1.82. The van der Waals surface area contributed by atoms with Gasteiger partial charge in [-0.1, -0.05) is 0 Å². The first-order valence-corrected chi connectivity index (χ1v) is 7.14. The number of anilines is 1. The molecule has 1 unspecified atom stereocenters. The first-order chi connectivity index (χ1) is 10.1. The highest BCUT2D eigenvalue weighted by Gasteiger charge is 2.24. The van der Waals surface area contributed by atoms with Crippen molar-refractivity contribution in [2.45, 2.75) is 25.7 Å². The highest BCUT2D eigenvalue weighted by Crippen LogP contribution is 2.31. The van der Waals surface area contributed by atoms with Crippen molar-refractivity contribution in [3.05, 3.63) is 52.1 Å². The number of aromatic nitrogens is 2. The Labute approximate surface area is 123 Å². The molecule has 6 heteroatoms. The van der Waals surface area contributed by atoms with E-state index in [0.717, 1.165) is 43.0 Å². The fourth-order valence-corrected chi connectivity index (χ4v) is 3.03. The van der Waals surface area contributed by atoms with E-state index in [0.29, 0.717) is 5.92 Å². The fourth-order valence-electron chi connectivity index (χ4n) is 3.03. The Kier molecular flexibility index (Phi) is 3.60. The van der Waals surface area contributed by atoms with Gasteiger partial charge < -0.3 is 9.88 Å². The third-order valence-electron chi connectivity index (χ3n) is 4.06. The Morgan fingerprint density at radius 1 is 1.48 bits per heavy atom. The van der Waals surface area contributed by atoms with Crippen LogP contribution in [-0.2, 0) is 0 Å². The molecule has 1 aliphatic heterocycles. The summed E-state index contributed by atoms with van der Waals surface area (Å²) in [5.74, 6) is 1.42. The molecular formula is C15H18N4O2. The van der Waals surface area contributed by atoms with E-state index in [9.17, 15) is 10.1 Å². The molecule has 1 aliphatic rings. The molecule has 0 spiro atoms. The number of hydrogen-bond donors (Lipinski definition) is 1. The molecule has 1 aromatic heterocycles. The molecule has 1 atom stereocenters. The lowest BCUT2D eigenvalue weighted by Crippen LogP contribution is -2.35. The SMILES string of the molecule is Cc1cc([N+](=O)[O-])ccc1N1CCCC(c2ncc[nH]2)C1. The maximum absolute atomic E-state index is 10.8. The van der Waals surface area contributed by atoms with Crippen molar-refractivity contribution in [3.8, 4) is 0 Å². The quantitative estimate of drug-likeness (QED) is 0.695. The number of nitro benzene ring substituents is 1. The predicted octanol–water partition coefficient (Wildman–Crippen LogP) is 3.01. The number of nitrogens with one attached hydrogen (secondary N) is 1. The fraction of sp³-hybridized carbons (Fsp3) is 0.400. The number of H-pyrrole nitrogens is 1. The zero-order valence-corrected chi connectivity index (χ0v) is 12.0. The predicted molar refractivity (Wildman–Crippen MR) is 80.6 cm³/mol. The zero-order valence-electron chi connectivity index (χ0n) is 12.0. The average molecular weight is 286 g/mol. The van der Waals surface area contributed by atoms with Gasteiger partial charge in [0.15, 0.2) is 0 Å². The minimum atomic E-state index is -0.349. The summed E-state index contributed by atoms with van der Waals surface area (Å²) in [6.07, 6.45) is 5.86. The van der Waals surface area contributed by atoms with E-state index in [1.54, 1.807) is 18.3 Å². The van der Waals surface area contributed by atoms with Crippen LogP contribution in [0.15, 0.2) is 30.6 Å². The summed E-state index contributed by atoms with van der Waals surface area (Å²) in [6.45, 7) is 3.81. The monoisotopic (exact) mass is 286 g/mol. The van der Waals surface area contributed by atoms with Gasteiger partial charge in [0, 0.05) is 49.2 Å². The summed E-state index contributed by atoms with van der Waals surface area (Å²) in [6, 6.07) is 5.09. The highest BCUT2D eigenvalue weighted by molar-refractivity contribution is 5.57. The van der Waals surface area contributed by atoms with Crippen LogP contribution in [0.2, 0.25) is 0 Å². The number of hydrogen-bond acceptors (Lipinski definition) is 4. The van der Waals surface area contributed by atoms with E-state index >= 15 is 0 Å². The van der Waals surface area contributed by atoms with Gasteiger partial charge in [0.05, 0.1) is 4.92 Å². The van der Waals surface area contributed by atoms with Gasteiger partial charge in [-0.15, -0.1) is 0 Å². The van der Waals surface area contributed by atoms with Crippen molar-refractivity contribution >= 4 is 11.4 Å². The number of non-ortho nitro benzene ring substituents is 1. The second-order valence-electron chi connectivity index (χ2n) is 5.49. The van der Waals surface area contributed by atoms with Crippen LogP contribution in [0.1, 0.15) is 30.1 Å². The van der Waals surface area contributed by atoms with Gasteiger partial charge >= 0.3 is 0 Å². The first-order valence-electron chi connectivity index (χ1n) is 7.14. The van der Waals surface area contributed by atoms with Crippen LogP contribution in [0.4, 0.5) is 11.4 Å². The third-order valence-corrected chi connectivity index (χ3v) is 4.06. The number of benzene rings is 1. The summed E-state index contributed by atoms with van der Waals surface area (Å²) < 4.78 is 0. The van der Waals surface area contributed by atoms with Crippen LogP contribution in [0.25, 0.3) is 0 Å². The van der Waals surface area contributed by atoms with Gasteiger partial charge in [-0.05, 0) is 31.4 Å². The van der Waals surface area contributed by atoms with Crippen molar-refractivity contribution in [2.75, 3.05) is 18.0 Å². The lowest BCUT2D eigenvalue weighted by Gasteiger charge is -2.34. The smallest absolute Gasteiger partial charge is 0.269 e. The minimum Gasteiger partial charge on any atom is -0.371 e. The number of nitro groups is 1. The third kappa shape index (κ3) is 2.74. The summed E-state index contributed by atoms with van der Waals surface area (Å²) >= 11 is 0. The van der Waals surface area contributed by atoms with Gasteiger partial charge in [-0.2, -0.15) is 0 Å². The zero-order chi connectivity index (χ0) is 14.8. The highest BCUT2D eigenvalue weighted by atomic mass is 16.6. The van der Waals surface area contributed by atoms with Crippen molar-refractivity contribution in [1.29, 1.82) is 0 Å². The molecule has 3 rings (SSSR count). The van der Waals surface area contributed by atoms with E-state index in [-0.39, 0.29) is 10.6 Å². The van der Waals surface area contributed by atoms with E-state index < -0.39 is 0 Å². The van der Waals surface area contributed by atoms with Crippen LogP contribution in [0.3, 0.4) is 0 Å². The van der Waals surface area contributed by atoms with Crippen LogP contribution in [0, 0.1) is 17.0 Å². The normalized spacial score (nSPS) is 18.7. The molecule has 2 aromatic rings. The summed E-state index contributed by atoms with van der Waals surface area (Å²) in [7, 11) is 0. The molecule has 0 bridgehead atoms. The molecular weight excluding hydrogens is 268 g/mol. The van der Waals surface area contributed by atoms with Gasteiger partial charge in [0.2, 0.25) is 0 Å². The Morgan fingerprint density at radius 2 is 2.33 bits per heavy atom. The summed E-state index contributed by atoms with van der Waals surface area (Å²) in [5.41, 5.74) is 2.18. The van der Waals surface area contributed by atoms with Crippen LogP contribution in [0.5, 0.6) is 0 Å². The molecule has 0 amide bonds. The summed E-state index contributed by atoms with van der Waals surface area (Å²) in [5, 5.41) is 10.8. The topological polar surface area (TPSA) is 75.1 Å². The van der Waals surface area contributed by atoms with E-state index in [1.807, 2.05) is 19.2 Å². The Hall–Kier alpha value is -2.37. The number of aryl methyl sites for hydroxylation is 1. The number of imidazole rings is 1. The molecule has 0 radical (unpaired) electrons. The molecule has 1 fully saturated rings. The lowest BCUT2D eigenvalue weighted by atomic mass is 9.96. The van der Waals surface area contributed by atoms with Crippen molar-refractivity contribution < 1.29 is 4.92 Å². The Bertz CT molecular complexity index is 639. The van der Waals surface area contributed by atoms with Crippen molar-refractivity contribution in [1.82, 2.24) is 9.97 Å². The number of rotatable bonds is 3. The van der Waals surface area contributed by atoms with Crippen LogP contribution in [-0.4, -0.2) is 28.0 Å². The second-order valence-corrected chi connectivity index (χ2v) is 5.49. The molecule has 1 saturated heterocycles. The molecule has 1 N–H and O–H groups in total. The largest absolute Gasteiger partial charge is 0.371 e. The first kappa shape index (κ1) is 13.6. The minimum absolute atomic E-state index is 0.149. The van der Waals surface area contributed by atoms with E-state index in [2.05, 4.69) is 14.9 Å². The van der Waals surface area contributed by atoms with Gasteiger partial charge in [0.25, 0.3) is 5.69 Å². The molecule has 110 valence electrons. The van der Waals surface area contributed by atoms with Gasteiger partial charge in [0.1, 0.15) is 5.82 Å². The number of nitrogens with zero attached hydrogens (tertiary/aromatic N) is 3. The number of piperidine rings is 1. The van der Waals surface area contributed by atoms with Gasteiger partial charge in [-0.25, -0.2) is 4.98 Å². The number of aromatic amines is 1. The van der Waals surface area contributed by atoms with Crippen LogP contribution < -0.4 is 4.90 Å². The molecule has 0 aliphatic carbocycles. The lowest BCUT2D eigenvalue weighted by molar-refractivity contribution is -0.384. The van der Waals surface area contributed by atoms with E-state index in [1.165, 1.54) is 0 Å². The molecule has 2 heterocycles. The molecule has 6 nitrogen and oxygen atoms in total. The maximum atomic E-state index is 10.8. The van der Waals surface area contributed by atoms with Crippen molar-refractivity contribution in [2.24, 2.45) is 0 Å². The molecule has 0 saturated carbocycles.